The Morgan fingerprint density at radius 1 is 1.39 bits per heavy atom. The van der Waals surface area contributed by atoms with Crippen LogP contribution in [0.3, 0.4) is 0 Å². The number of aromatic nitrogens is 3. The number of carbonyl (C=O) groups is 1. The normalized spacial score (nSPS) is 16.7. The number of aryl methyl sites for hydroxylation is 1. The molecule has 1 aliphatic rings. The van der Waals surface area contributed by atoms with Crippen LogP contribution in [0.1, 0.15) is 30.5 Å². The van der Waals surface area contributed by atoms with E-state index in [4.69, 9.17) is 14.6 Å². The third kappa shape index (κ3) is 3.05. The molecule has 0 fully saturated rings. The maximum Gasteiger partial charge on any atom is 0.507 e. The van der Waals surface area contributed by atoms with Crippen molar-refractivity contribution in [3.8, 4) is 5.75 Å². The highest BCUT2D eigenvalue weighted by Crippen LogP contribution is 2.23. The molecule has 8 heteroatoms. The Bertz CT molecular complexity index is 762. The van der Waals surface area contributed by atoms with Crippen LogP contribution in [-0.2, 0) is 17.7 Å². The predicted molar refractivity (Wildman–Crippen MR) is 79.7 cm³/mol. The van der Waals surface area contributed by atoms with Gasteiger partial charge in [0, 0.05) is 12.8 Å². The molecule has 0 radical (unpaired) electrons. The third-order valence-corrected chi connectivity index (χ3v) is 3.81. The van der Waals surface area contributed by atoms with Crippen molar-refractivity contribution in [2.45, 2.75) is 32.0 Å². The number of methoxy groups -OCH3 is 1. The maximum atomic E-state index is 12.5. The number of ether oxygens (including phenoxy) is 2. The fourth-order valence-corrected chi connectivity index (χ4v) is 2.72. The Balaban J connectivity index is 1.88. The zero-order chi connectivity index (χ0) is 16.4. The molecule has 0 unspecified atom stereocenters. The summed E-state index contributed by atoms with van der Waals surface area (Å²) in [6.07, 6.45) is -0.347. The van der Waals surface area contributed by atoms with Gasteiger partial charge in [-0.2, -0.15) is 5.10 Å². The summed E-state index contributed by atoms with van der Waals surface area (Å²) in [7, 11) is 1.59. The van der Waals surface area contributed by atoms with Crippen molar-refractivity contribution in [2.75, 3.05) is 7.11 Å². The van der Waals surface area contributed by atoms with Crippen molar-refractivity contribution in [3.05, 3.63) is 46.1 Å². The van der Waals surface area contributed by atoms with E-state index in [9.17, 15) is 9.59 Å². The van der Waals surface area contributed by atoms with Crippen molar-refractivity contribution < 1.29 is 19.4 Å². The first-order valence-electron chi connectivity index (χ1n) is 7.29. The molecule has 1 aromatic heterocycles. The summed E-state index contributed by atoms with van der Waals surface area (Å²) < 4.78 is 12.6. The van der Waals surface area contributed by atoms with Crippen LogP contribution in [-0.4, -0.2) is 32.7 Å². The molecule has 0 spiro atoms. The number of nitrogens with zero attached hydrogens (tertiary/aromatic N) is 3. The molecule has 0 bridgehead atoms. The molecule has 2 aromatic rings. The van der Waals surface area contributed by atoms with E-state index in [2.05, 4.69) is 5.10 Å². The zero-order valence-electron chi connectivity index (χ0n) is 12.6. The Hall–Kier alpha value is -2.77. The SMILES string of the molecule is COc1ccc(Cn2nc3n(c2=O)[C@@H](OC(=O)O)CCC3)cc1. The van der Waals surface area contributed by atoms with Crippen LogP contribution in [0.15, 0.2) is 29.1 Å². The van der Waals surface area contributed by atoms with Crippen LogP contribution in [0.25, 0.3) is 0 Å². The van der Waals surface area contributed by atoms with Crippen LogP contribution >= 0.6 is 0 Å². The highest BCUT2D eigenvalue weighted by Gasteiger charge is 2.28. The summed E-state index contributed by atoms with van der Waals surface area (Å²) in [5.41, 5.74) is 0.542. The molecule has 3 rings (SSSR count). The van der Waals surface area contributed by atoms with Crippen molar-refractivity contribution in [3.63, 3.8) is 0 Å². The first kappa shape index (κ1) is 15.1. The standard InChI is InChI=1S/C15H17N3O5/c1-22-11-7-5-10(6-8-11)9-17-14(19)18-12(16-17)3-2-4-13(18)23-15(20)21/h5-8,13H,2-4,9H2,1H3,(H,20,21)/t13-/m0/s1. The Labute approximate surface area is 131 Å². The number of hydrogen-bond donors (Lipinski definition) is 1. The molecule has 1 aromatic carbocycles. The second-order valence-electron chi connectivity index (χ2n) is 5.31. The molecule has 8 nitrogen and oxygen atoms in total. The number of carboxylic acid groups (broad SMARTS) is 1. The summed E-state index contributed by atoms with van der Waals surface area (Å²) in [6.45, 7) is 0.308. The van der Waals surface area contributed by atoms with Gasteiger partial charge in [-0.15, -0.1) is 0 Å². The van der Waals surface area contributed by atoms with Crippen LogP contribution < -0.4 is 10.4 Å². The minimum atomic E-state index is -1.39. The number of rotatable bonds is 4. The zero-order valence-corrected chi connectivity index (χ0v) is 12.6. The van der Waals surface area contributed by atoms with E-state index in [1.165, 1.54) is 9.25 Å². The monoisotopic (exact) mass is 319 g/mol. The summed E-state index contributed by atoms with van der Waals surface area (Å²) >= 11 is 0. The van der Waals surface area contributed by atoms with Gasteiger partial charge < -0.3 is 14.6 Å². The van der Waals surface area contributed by atoms with Crippen LogP contribution in [0.4, 0.5) is 4.79 Å². The van der Waals surface area contributed by atoms with Gasteiger partial charge >= 0.3 is 11.8 Å². The summed E-state index contributed by atoms with van der Waals surface area (Å²) in [5, 5.41) is 13.1. The molecule has 1 N–H and O–H groups in total. The average molecular weight is 319 g/mol. The van der Waals surface area contributed by atoms with E-state index in [0.29, 0.717) is 25.2 Å². The quantitative estimate of drug-likeness (QED) is 0.861. The second-order valence-corrected chi connectivity index (χ2v) is 5.31. The first-order valence-corrected chi connectivity index (χ1v) is 7.29. The van der Waals surface area contributed by atoms with Crippen molar-refractivity contribution in [1.29, 1.82) is 0 Å². The van der Waals surface area contributed by atoms with E-state index < -0.39 is 12.4 Å². The molecule has 0 saturated heterocycles. The van der Waals surface area contributed by atoms with Gasteiger partial charge in [0.05, 0.1) is 13.7 Å². The topological polar surface area (TPSA) is 95.6 Å². The lowest BCUT2D eigenvalue weighted by Crippen LogP contribution is -2.33. The van der Waals surface area contributed by atoms with Gasteiger partial charge in [-0.1, -0.05) is 12.1 Å². The highest BCUT2D eigenvalue weighted by atomic mass is 16.7. The van der Waals surface area contributed by atoms with Gasteiger partial charge in [-0.3, -0.25) is 0 Å². The number of benzene rings is 1. The minimum Gasteiger partial charge on any atom is -0.497 e. The van der Waals surface area contributed by atoms with Crippen molar-refractivity contribution in [2.24, 2.45) is 0 Å². The molecule has 2 heterocycles. The molecule has 0 aliphatic carbocycles. The highest BCUT2D eigenvalue weighted by molar-refractivity contribution is 5.56. The lowest BCUT2D eigenvalue weighted by Gasteiger charge is -2.21. The van der Waals surface area contributed by atoms with Crippen LogP contribution in [0, 0.1) is 0 Å². The summed E-state index contributed by atoms with van der Waals surface area (Å²) in [4.78, 5) is 23.3. The van der Waals surface area contributed by atoms with Gasteiger partial charge in [0.25, 0.3) is 0 Å². The Morgan fingerprint density at radius 3 is 2.78 bits per heavy atom. The van der Waals surface area contributed by atoms with Crippen molar-refractivity contribution >= 4 is 6.16 Å². The molecule has 122 valence electrons. The molecule has 23 heavy (non-hydrogen) atoms. The van der Waals surface area contributed by atoms with Gasteiger partial charge in [0.1, 0.15) is 11.6 Å². The van der Waals surface area contributed by atoms with Crippen molar-refractivity contribution in [1.82, 2.24) is 14.3 Å². The summed E-state index contributed by atoms with van der Waals surface area (Å²) in [5.74, 6) is 1.29. The van der Waals surface area contributed by atoms with E-state index >= 15 is 0 Å². The number of hydrogen-bond acceptors (Lipinski definition) is 5. The fourth-order valence-electron chi connectivity index (χ4n) is 2.72. The second kappa shape index (κ2) is 6.15. The van der Waals surface area contributed by atoms with Crippen LogP contribution in [0.5, 0.6) is 5.75 Å². The molecule has 1 aliphatic heterocycles. The van der Waals surface area contributed by atoms with Crippen LogP contribution in [0.2, 0.25) is 0 Å². The fraction of sp³-hybridized carbons (Fsp3) is 0.400. The largest absolute Gasteiger partial charge is 0.507 e. The van der Waals surface area contributed by atoms with Gasteiger partial charge in [0.15, 0.2) is 6.23 Å². The smallest absolute Gasteiger partial charge is 0.497 e. The Morgan fingerprint density at radius 2 is 2.13 bits per heavy atom. The molecule has 0 amide bonds. The minimum absolute atomic E-state index is 0.308. The van der Waals surface area contributed by atoms with Gasteiger partial charge in [-0.05, 0) is 24.1 Å². The first-order chi connectivity index (χ1) is 11.1. The molecular weight excluding hydrogens is 302 g/mol. The predicted octanol–water partition coefficient (Wildman–Crippen LogP) is 1.63. The lowest BCUT2D eigenvalue weighted by molar-refractivity contribution is 0.00392. The molecule has 0 saturated carbocycles. The Kier molecular flexibility index (Phi) is 4.05. The van der Waals surface area contributed by atoms with E-state index in [1.807, 2.05) is 24.3 Å². The molecule has 1 atom stereocenters. The summed E-state index contributed by atoms with van der Waals surface area (Å²) in [6, 6.07) is 7.34. The lowest BCUT2D eigenvalue weighted by atomic mass is 10.1. The number of fused-ring (bicyclic) bond motifs is 1. The molecular formula is C15H17N3O5. The van der Waals surface area contributed by atoms with Gasteiger partial charge in [-0.25, -0.2) is 18.8 Å². The van der Waals surface area contributed by atoms with E-state index in [0.717, 1.165) is 17.7 Å². The van der Waals surface area contributed by atoms with E-state index in [-0.39, 0.29) is 5.69 Å². The van der Waals surface area contributed by atoms with Gasteiger partial charge in [0.2, 0.25) is 0 Å². The average Bonchev–Trinajstić information content (AvgIpc) is 2.85. The maximum absolute atomic E-state index is 12.5. The third-order valence-electron chi connectivity index (χ3n) is 3.81. The van der Waals surface area contributed by atoms with E-state index in [1.54, 1.807) is 7.11 Å².